The van der Waals surface area contributed by atoms with Crippen LogP contribution in [0.3, 0.4) is 0 Å². The van der Waals surface area contributed by atoms with Gasteiger partial charge in [-0.05, 0) is 41.1 Å². The molecule has 2 aliphatic rings. The van der Waals surface area contributed by atoms with Gasteiger partial charge in [0.15, 0.2) is 0 Å². The smallest absolute Gasteiger partial charge is 0.0385 e. The van der Waals surface area contributed by atoms with Crippen molar-refractivity contribution in [2.45, 2.75) is 18.9 Å². The van der Waals surface area contributed by atoms with Gasteiger partial charge in [-0.25, -0.2) is 0 Å². The lowest BCUT2D eigenvalue weighted by atomic mass is 10.0. The second-order valence-electron chi connectivity index (χ2n) is 4.62. The van der Waals surface area contributed by atoms with E-state index in [0.717, 1.165) is 25.0 Å². The molecule has 1 aromatic heterocycles. The van der Waals surface area contributed by atoms with Crippen molar-refractivity contribution in [3.05, 3.63) is 22.4 Å². The fourth-order valence-electron chi connectivity index (χ4n) is 2.60. The maximum atomic E-state index is 3.44. The fraction of sp³-hybridized carbons (Fsp3) is 0.667. The quantitative estimate of drug-likeness (QED) is 0.842. The highest BCUT2D eigenvalue weighted by Crippen LogP contribution is 2.45. The minimum atomic E-state index is 0.721. The third-order valence-corrected chi connectivity index (χ3v) is 4.20. The van der Waals surface area contributed by atoms with Crippen LogP contribution in [0.1, 0.15) is 24.4 Å². The fourth-order valence-corrected chi connectivity index (χ4v) is 3.29. The Morgan fingerprint density at radius 2 is 2.13 bits per heavy atom. The van der Waals surface area contributed by atoms with Crippen LogP contribution < -0.4 is 5.32 Å². The van der Waals surface area contributed by atoms with Gasteiger partial charge in [0.05, 0.1) is 0 Å². The second-order valence-corrected chi connectivity index (χ2v) is 5.40. The van der Waals surface area contributed by atoms with Gasteiger partial charge >= 0.3 is 0 Å². The molecule has 2 nitrogen and oxygen atoms in total. The van der Waals surface area contributed by atoms with Gasteiger partial charge in [-0.15, -0.1) is 0 Å². The SMILES string of the molecule is c1cc([C@H](C2CC2)N2CCNCC2)cs1. The molecule has 0 bridgehead atoms. The molecule has 2 fully saturated rings. The first kappa shape index (κ1) is 9.82. The van der Waals surface area contributed by atoms with Crippen molar-refractivity contribution in [1.82, 2.24) is 10.2 Å². The lowest BCUT2D eigenvalue weighted by Crippen LogP contribution is -2.45. The molecule has 1 atom stereocenters. The molecule has 1 aromatic rings. The highest BCUT2D eigenvalue weighted by atomic mass is 32.1. The topological polar surface area (TPSA) is 15.3 Å². The van der Waals surface area contributed by atoms with E-state index >= 15 is 0 Å². The zero-order valence-electron chi connectivity index (χ0n) is 8.98. The number of nitrogens with zero attached hydrogens (tertiary/aromatic N) is 1. The summed E-state index contributed by atoms with van der Waals surface area (Å²) in [5.74, 6) is 0.942. The molecular formula is C12H18N2S. The van der Waals surface area contributed by atoms with Gasteiger partial charge in [0, 0.05) is 32.2 Å². The van der Waals surface area contributed by atoms with E-state index in [9.17, 15) is 0 Å². The number of hydrogen-bond acceptors (Lipinski definition) is 3. The largest absolute Gasteiger partial charge is 0.314 e. The van der Waals surface area contributed by atoms with Gasteiger partial charge in [-0.2, -0.15) is 11.3 Å². The third kappa shape index (κ3) is 2.10. The molecule has 3 heteroatoms. The summed E-state index contributed by atoms with van der Waals surface area (Å²) in [5.41, 5.74) is 1.56. The third-order valence-electron chi connectivity index (χ3n) is 3.50. The zero-order chi connectivity index (χ0) is 10.1. The Morgan fingerprint density at radius 1 is 1.33 bits per heavy atom. The van der Waals surface area contributed by atoms with Crippen LogP contribution in [0, 0.1) is 5.92 Å². The normalized spacial score (nSPS) is 25.3. The monoisotopic (exact) mass is 222 g/mol. The molecule has 0 spiro atoms. The molecule has 1 saturated carbocycles. The summed E-state index contributed by atoms with van der Waals surface area (Å²) in [5, 5.41) is 7.99. The predicted octanol–water partition coefficient (Wildman–Crippen LogP) is 2.10. The number of thiophene rings is 1. The first-order chi connectivity index (χ1) is 7.45. The summed E-state index contributed by atoms with van der Waals surface area (Å²) >= 11 is 1.83. The van der Waals surface area contributed by atoms with Gasteiger partial charge in [-0.3, -0.25) is 4.90 Å². The van der Waals surface area contributed by atoms with Crippen molar-refractivity contribution in [2.24, 2.45) is 5.92 Å². The van der Waals surface area contributed by atoms with E-state index < -0.39 is 0 Å². The van der Waals surface area contributed by atoms with Crippen LogP contribution in [0.2, 0.25) is 0 Å². The van der Waals surface area contributed by atoms with Crippen molar-refractivity contribution in [3.8, 4) is 0 Å². The molecule has 2 heterocycles. The van der Waals surface area contributed by atoms with E-state index in [-0.39, 0.29) is 0 Å². The van der Waals surface area contributed by atoms with Gasteiger partial charge in [0.1, 0.15) is 0 Å². The Kier molecular flexibility index (Phi) is 2.77. The molecule has 0 radical (unpaired) electrons. The van der Waals surface area contributed by atoms with Crippen LogP contribution >= 0.6 is 11.3 Å². The van der Waals surface area contributed by atoms with Crippen LogP contribution in [-0.2, 0) is 0 Å². The summed E-state index contributed by atoms with van der Waals surface area (Å²) in [6, 6.07) is 3.04. The summed E-state index contributed by atoms with van der Waals surface area (Å²) in [6.07, 6.45) is 2.87. The van der Waals surface area contributed by atoms with E-state index in [2.05, 4.69) is 27.0 Å². The van der Waals surface area contributed by atoms with Crippen molar-refractivity contribution < 1.29 is 0 Å². The highest BCUT2D eigenvalue weighted by molar-refractivity contribution is 7.07. The minimum absolute atomic E-state index is 0.721. The second kappa shape index (κ2) is 4.24. The van der Waals surface area contributed by atoms with E-state index in [1.807, 2.05) is 11.3 Å². The van der Waals surface area contributed by atoms with Crippen LogP contribution in [0.5, 0.6) is 0 Å². The lowest BCUT2D eigenvalue weighted by molar-refractivity contribution is 0.156. The Labute approximate surface area is 95.3 Å². The molecule has 3 rings (SSSR count). The van der Waals surface area contributed by atoms with Crippen LogP contribution in [0.15, 0.2) is 16.8 Å². The Morgan fingerprint density at radius 3 is 2.73 bits per heavy atom. The van der Waals surface area contributed by atoms with E-state index in [1.54, 1.807) is 5.56 Å². The number of piperazine rings is 1. The van der Waals surface area contributed by atoms with Crippen molar-refractivity contribution in [1.29, 1.82) is 0 Å². The minimum Gasteiger partial charge on any atom is -0.314 e. The maximum absolute atomic E-state index is 3.44. The van der Waals surface area contributed by atoms with Gasteiger partial charge < -0.3 is 5.32 Å². The van der Waals surface area contributed by atoms with Crippen molar-refractivity contribution >= 4 is 11.3 Å². The molecule has 0 unspecified atom stereocenters. The standard InChI is InChI=1S/C12H18N2S/c1-2-10(1)12(11-3-8-15-9-11)14-6-4-13-5-7-14/h3,8-10,12-13H,1-2,4-7H2/t12-/m0/s1. The molecule has 1 aliphatic heterocycles. The summed E-state index contributed by atoms with van der Waals surface area (Å²) in [7, 11) is 0. The first-order valence-electron chi connectivity index (χ1n) is 5.92. The molecule has 1 saturated heterocycles. The molecule has 0 aromatic carbocycles. The molecule has 1 aliphatic carbocycles. The Bertz CT molecular complexity index is 299. The molecule has 15 heavy (non-hydrogen) atoms. The highest BCUT2D eigenvalue weighted by Gasteiger charge is 2.36. The van der Waals surface area contributed by atoms with E-state index in [4.69, 9.17) is 0 Å². The van der Waals surface area contributed by atoms with Crippen molar-refractivity contribution in [3.63, 3.8) is 0 Å². The molecule has 1 N–H and O–H groups in total. The number of rotatable bonds is 3. The number of hydrogen-bond donors (Lipinski definition) is 1. The zero-order valence-corrected chi connectivity index (χ0v) is 9.80. The van der Waals surface area contributed by atoms with Crippen LogP contribution in [0.25, 0.3) is 0 Å². The van der Waals surface area contributed by atoms with Gasteiger partial charge in [-0.1, -0.05) is 0 Å². The van der Waals surface area contributed by atoms with E-state index in [0.29, 0.717) is 0 Å². The number of nitrogens with one attached hydrogen (secondary N) is 1. The first-order valence-corrected chi connectivity index (χ1v) is 6.86. The molecular weight excluding hydrogens is 204 g/mol. The van der Waals surface area contributed by atoms with Crippen molar-refractivity contribution in [2.75, 3.05) is 26.2 Å². The maximum Gasteiger partial charge on any atom is 0.0385 e. The van der Waals surface area contributed by atoms with Crippen LogP contribution in [0.4, 0.5) is 0 Å². The van der Waals surface area contributed by atoms with Gasteiger partial charge in [0.2, 0.25) is 0 Å². The summed E-state index contributed by atoms with van der Waals surface area (Å²) in [4.78, 5) is 2.68. The van der Waals surface area contributed by atoms with Gasteiger partial charge in [0.25, 0.3) is 0 Å². The Balaban J connectivity index is 1.77. The summed E-state index contributed by atoms with van der Waals surface area (Å²) in [6.45, 7) is 4.76. The predicted molar refractivity (Wildman–Crippen MR) is 64.2 cm³/mol. The molecule has 82 valence electrons. The Hall–Kier alpha value is -0.380. The van der Waals surface area contributed by atoms with E-state index in [1.165, 1.54) is 25.9 Å². The van der Waals surface area contributed by atoms with Crippen LogP contribution in [-0.4, -0.2) is 31.1 Å². The lowest BCUT2D eigenvalue weighted by Gasteiger charge is -2.35. The summed E-state index contributed by atoms with van der Waals surface area (Å²) < 4.78 is 0. The molecule has 0 amide bonds. The average molecular weight is 222 g/mol. The average Bonchev–Trinajstić information content (AvgIpc) is 2.96.